The molecule has 0 spiro atoms. The number of methoxy groups -OCH3 is 2. The summed E-state index contributed by atoms with van der Waals surface area (Å²) in [7, 11) is 4.94. The number of likely N-dealkylation sites (N-methyl/N-ethyl adjacent to an activating group) is 1. The van der Waals surface area contributed by atoms with Crippen LogP contribution in [0.2, 0.25) is 0 Å². The van der Waals surface area contributed by atoms with Gasteiger partial charge in [0, 0.05) is 69.5 Å². The van der Waals surface area contributed by atoms with Gasteiger partial charge in [-0.25, -0.2) is 5.48 Å². The minimum Gasteiger partial charge on any atom is -0.459 e. The van der Waals surface area contributed by atoms with Crippen LogP contribution in [0.4, 0.5) is 0 Å². The van der Waals surface area contributed by atoms with Crippen LogP contribution in [-0.2, 0) is 60.6 Å². The number of esters is 1. The van der Waals surface area contributed by atoms with Crippen molar-refractivity contribution < 1.29 is 73.2 Å². The molecule has 1 aromatic carbocycles. The predicted octanol–water partition coefficient (Wildman–Crippen LogP) is 4.72. The normalized spacial score (nSPS) is 38.2. The van der Waals surface area contributed by atoms with Gasteiger partial charge in [-0.2, -0.15) is 0 Å². The summed E-state index contributed by atoms with van der Waals surface area (Å²) < 4.78 is 46.6. The number of ketones is 1. The van der Waals surface area contributed by atoms with Gasteiger partial charge in [-0.05, 0) is 86.3 Å². The van der Waals surface area contributed by atoms with Gasteiger partial charge in [-0.3, -0.25) is 29.2 Å². The van der Waals surface area contributed by atoms with E-state index < -0.39 is 108 Å². The smallest absolute Gasteiger partial charge is 0.311 e. The lowest BCUT2D eigenvalue weighted by molar-refractivity contribution is -0.319. The number of carbonyl (C=O) groups is 3. The number of hydrogen-bond donors (Lipinski definition) is 6. The van der Waals surface area contributed by atoms with Crippen molar-refractivity contribution in [3.05, 3.63) is 36.0 Å². The maximum absolute atomic E-state index is 14.5. The molecule has 3 fully saturated rings. The standard InChI is InChI=1S/C53H87N5O15/c1-14-40-53(10,65)46(62)32(4)43(60)30(2)26-52(9,68-13)48(33(5)45(34(6)49(64)71-40)72-42-27-51(8,67-12)47(63)35(7)70-42)73-50-44(61)39(25-31(3)69-50)57(11)28-36-20-22-37(23-21-36)38-29-58(56-54-38)24-18-16-15-17-19-41(59)55-66/h20-23,29-35,39-40,42,44-48,50,61-63,65-66H,14-19,24-28H2,1-13H3,(H,55,59)/t30-,31+,32+,33-,34-,35-,39-,40-,42-,44+,45+,46+,47-,48-,50-,51+,52-,53-/m0/s1. The minimum absolute atomic E-state index is 0.0627. The largest absolute Gasteiger partial charge is 0.459 e. The molecule has 20 heteroatoms. The number of cyclic esters (lactones) is 1. The van der Waals surface area contributed by atoms with E-state index in [1.54, 1.807) is 58.6 Å². The van der Waals surface area contributed by atoms with Crippen molar-refractivity contribution >= 4 is 17.7 Å². The number of aliphatic hydroxyl groups is 4. The summed E-state index contributed by atoms with van der Waals surface area (Å²) in [6.45, 7) is 18.2. The van der Waals surface area contributed by atoms with E-state index >= 15 is 0 Å². The van der Waals surface area contributed by atoms with Gasteiger partial charge in [-0.1, -0.05) is 70.0 Å². The Morgan fingerprint density at radius 2 is 1.55 bits per heavy atom. The Hall–Kier alpha value is -3.51. The van der Waals surface area contributed by atoms with Crippen molar-refractivity contribution in [1.29, 1.82) is 0 Å². The number of unbranched alkanes of at least 4 members (excludes halogenated alkanes) is 3. The first kappa shape index (κ1) is 60.4. The molecule has 3 aliphatic rings. The lowest BCUT2D eigenvalue weighted by atomic mass is 9.74. The molecular formula is C53H87N5O15. The third-order valence-corrected chi connectivity index (χ3v) is 16.1. The zero-order chi connectivity index (χ0) is 54.2. The van der Waals surface area contributed by atoms with Crippen molar-refractivity contribution in [1.82, 2.24) is 25.4 Å². The fraction of sp³-hybridized carbons (Fsp3) is 0.792. The first-order chi connectivity index (χ1) is 34.3. The molecule has 0 bridgehead atoms. The highest BCUT2D eigenvalue weighted by molar-refractivity contribution is 5.83. The molecule has 1 aromatic heterocycles. The summed E-state index contributed by atoms with van der Waals surface area (Å²) in [6.07, 6.45) is -4.10. The number of ether oxygens (including phenoxy) is 7. The van der Waals surface area contributed by atoms with E-state index in [9.17, 15) is 34.8 Å². The van der Waals surface area contributed by atoms with Crippen molar-refractivity contribution in [2.45, 2.75) is 224 Å². The van der Waals surface area contributed by atoms with E-state index in [1.165, 1.54) is 21.1 Å². The highest BCUT2D eigenvalue weighted by atomic mass is 16.7. The quantitative estimate of drug-likeness (QED) is 0.0510. The van der Waals surface area contributed by atoms with Gasteiger partial charge in [-0.15, -0.1) is 5.10 Å². The topological polar surface area (TPSA) is 263 Å². The van der Waals surface area contributed by atoms with Gasteiger partial charge >= 0.3 is 5.97 Å². The maximum Gasteiger partial charge on any atom is 0.311 e. The van der Waals surface area contributed by atoms with E-state index in [-0.39, 0.29) is 43.5 Å². The molecular weight excluding hydrogens is 947 g/mol. The lowest BCUT2D eigenvalue weighted by Crippen LogP contribution is -2.61. The first-order valence-corrected chi connectivity index (χ1v) is 26.2. The fourth-order valence-electron chi connectivity index (χ4n) is 11.2. The second-order valence-corrected chi connectivity index (χ2v) is 21.8. The summed E-state index contributed by atoms with van der Waals surface area (Å²) >= 11 is 0. The van der Waals surface area contributed by atoms with E-state index in [1.807, 2.05) is 51.4 Å². The van der Waals surface area contributed by atoms with Crippen LogP contribution in [0, 0.1) is 23.7 Å². The van der Waals surface area contributed by atoms with Crippen molar-refractivity contribution in [3.8, 4) is 11.3 Å². The molecule has 5 rings (SSSR count). The van der Waals surface area contributed by atoms with Crippen molar-refractivity contribution in [3.63, 3.8) is 0 Å². The average molecular weight is 1030 g/mol. The summed E-state index contributed by atoms with van der Waals surface area (Å²) in [4.78, 5) is 42.1. The van der Waals surface area contributed by atoms with Crippen LogP contribution < -0.4 is 5.48 Å². The zero-order valence-electron chi connectivity index (χ0n) is 45.4. The van der Waals surface area contributed by atoms with E-state index in [0.717, 1.165) is 36.1 Å². The molecule has 0 radical (unpaired) electrons. The molecule has 3 saturated heterocycles. The van der Waals surface area contributed by atoms with Crippen LogP contribution >= 0.6 is 0 Å². The number of rotatable bonds is 18. The molecule has 20 nitrogen and oxygen atoms in total. The number of carbonyl (C=O) groups excluding carboxylic acids is 3. The number of Topliss-reactive ketones (excluding diaryl/α,β-unsaturated/α-hetero) is 1. The summed E-state index contributed by atoms with van der Waals surface area (Å²) in [5.74, 6) is -5.13. The summed E-state index contributed by atoms with van der Waals surface area (Å²) in [5, 5.41) is 64.2. The van der Waals surface area contributed by atoms with Gasteiger partial charge < -0.3 is 53.6 Å². The predicted molar refractivity (Wildman–Crippen MR) is 267 cm³/mol. The highest BCUT2D eigenvalue weighted by Gasteiger charge is 2.54. The SMILES string of the molecule is CC[C@@H]1OC(=O)[C@@H](C)[C@H](O[C@H]2C[C@@](C)(OC)[C@@H](O)[C@H](C)O2)[C@H](C)[C@H](O[C@@H]2O[C@H](C)C[C@H](N(C)Cc3ccc(-c4cn(CCCCCCC(=O)NO)nn4)cc3)[C@H]2O)[C@@](C)(OC)C[C@H](C)C(=O)[C@@H](C)[C@@H](O)[C@@]1(C)O. The molecule has 414 valence electrons. The number of benzene rings is 1. The number of hydroxylamine groups is 1. The second kappa shape index (κ2) is 26.0. The average Bonchev–Trinajstić information content (AvgIpc) is 3.84. The van der Waals surface area contributed by atoms with Gasteiger partial charge in [0.2, 0.25) is 5.91 Å². The number of aryl methyl sites for hydroxylation is 1. The number of nitrogens with one attached hydrogen (secondary N) is 1. The molecule has 0 unspecified atom stereocenters. The number of aromatic nitrogens is 3. The molecule has 0 saturated carbocycles. The van der Waals surface area contributed by atoms with Crippen LogP contribution in [0.25, 0.3) is 11.3 Å². The maximum atomic E-state index is 14.5. The molecule has 73 heavy (non-hydrogen) atoms. The van der Waals surface area contributed by atoms with Crippen LogP contribution in [0.1, 0.15) is 133 Å². The highest BCUT2D eigenvalue weighted by Crippen LogP contribution is 2.42. The number of hydrogen-bond acceptors (Lipinski definition) is 18. The fourth-order valence-corrected chi connectivity index (χ4v) is 11.2. The Bertz CT molecular complexity index is 2080. The van der Waals surface area contributed by atoms with Gasteiger partial charge in [0.25, 0.3) is 0 Å². The first-order valence-electron chi connectivity index (χ1n) is 26.2. The Morgan fingerprint density at radius 3 is 2.18 bits per heavy atom. The third-order valence-electron chi connectivity index (χ3n) is 16.1. The number of amides is 1. The van der Waals surface area contributed by atoms with Gasteiger partial charge in [0.15, 0.2) is 12.6 Å². The molecule has 0 aliphatic carbocycles. The summed E-state index contributed by atoms with van der Waals surface area (Å²) in [5.41, 5.74) is -0.126. The van der Waals surface area contributed by atoms with Gasteiger partial charge in [0.1, 0.15) is 35.4 Å². The van der Waals surface area contributed by atoms with E-state index in [4.69, 9.17) is 38.4 Å². The molecule has 3 aliphatic heterocycles. The molecule has 1 amide bonds. The second-order valence-electron chi connectivity index (χ2n) is 21.8. The Kier molecular flexibility index (Phi) is 21.5. The Morgan fingerprint density at radius 1 is 0.890 bits per heavy atom. The Labute approximate surface area is 431 Å². The van der Waals surface area contributed by atoms with Crippen molar-refractivity contribution in [2.75, 3.05) is 21.3 Å². The van der Waals surface area contributed by atoms with Gasteiger partial charge in [0.05, 0.1) is 53.8 Å². The third kappa shape index (κ3) is 14.5. The van der Waals surface area contributed by atoms with E-state index in [0.29, 0.717) is 25.9 Å². The lowest BCUT2D eigenvalue weighted by Gasteiger charge is -2.50. The molecule has 6 N–H and O–H groups in total. The van der Waals surface area contributed by atoms with Crippen LogP contribution in [0.15, 0.2) is 30.5 Å². The monoisotopic (exact) mass is 1030 g/mol. The van der Waals surface area contributed by atoms with E-state index in [2.05, 4.69) is 15.2 Å². The van der Waals surface area contributed by atoms with Crippen molar-refractivity contribution in [2.24, 2.45) is 23.7 Å². The number of nitrogens with zero attached hydrogens (tertiary/aromatic N) is 4. The zero-order valence-corrected chi connectivity index (χ0v) is 45.4. The summed E-state index contributed by atoms with van der Waals surface area (Å²) in [6, 6.07) is 7.57. The molecule has 2 aromatic rings. The molecule has 4 heterocycles. The minimum atomic E-state index is -2.01. The van der Waals surface area contributed by atoms with Crippen LogP contribution in [-0.4, -0.2) is 169 Å². The van der Waals surface area contributed by atoms with Crippen LogP contribution in [0.5, 0.6) is 0 Å². The Balaban J connectivity index is 1.42. The molecule has 18 atom stereocenters. The van der Waals surface area contributed by atoms with Crippen LogP contribution in [0.3, 0.4) is 0 Å². The number of aliphatic hydroxyl groups excluding tert-OH is 3.